The molecule has 0 spiro atoms. The van der Waals surface area contributed by atoms with E-state index < -0.39 is 6.10 Å². The number of aromatic nitrogens is 2. The molecule has 1 aromatic heterocycles. The number of benzene rings is 1. The van der Waals surface area contributed by atoms with Crippen molar-refractivity contribution in [1.82, 2.24) is 9.55 Å². The highest BCUT2D eigenvalue weighted by Gasteiger charge is 2.21. The van der Waals surface area contributed by atoms with E-state index >= 15 is 0 Å². The van der Waals surface area contributed by atoms with E-state index in [1.165, 1.54) is 37.6 Å². The van der Waals surface area contributed by atoms with Crippen molar-refractivity contribution in [3.63, 3.8) is 0 Å². The van der Waals surface area contributed by atoms with E-state index in [9.17, 15) is 5.11 Å². The molecule has 1 atom stereocenters. The predicted molar refractivity (Wildman–Crippen MR) is 86.2 cm³/mol. The van der Waals surface area contributed by atoms with E-state index in [0.29, 0.717) is 0 Å². The Hall–Kier alpha value is -1.35. The minimum atomic E-state index is -0.439. The molecule has 0 bridgehead atoms. The highest BCUT2D eigenvalue weighted by Crippen LogP contribution is 2.29. The van der Waals surface area contributed by atoms with Gasteiger partial charge in [-0.1, -0.05) is 44.7 Å². The number of imidazole rings is 1. The number of aliphatic hydroxyl groups is 1. The Bertz CT molecular complexity index is 584. The van der Waals surface area contributed by atoms with Crippen LogP contribution in [0.3, 0.4) is 0 Å². The van der Waals surface area contributed by atoms with Crippen LogP contribution in [0, 0.1) is 5.92 Å². The van der Waals surface area contributed by atoms with Gasteiger partial charge in [-0.05, 0) is 37.3 Å². The number of hydrogen-bond acceptors (Lipinski definition) is 2. The van der Waals surface area contributed by atoms with Gasteiger partial charge in [0.1, 0.15) is 11.9 Å². The number of para-hydroxylation sites is 2. The van der Waals surface area contributed by atoms with Gasteiger partial charge in [0, 0.05) is 6.54 Å². The first-order chi connectivity index (χ1) is 10.3. The minimum absolute atomic E-state index is 0.439. The van der Waals surface area contributed by atoms with E-state index in [1.54, 1.807) is 0 Å². The molecule has 1 aromatic carbocycles. The molecule has 0 radical (unpaired) electrons. The second-order valence-corrected chi connectivity index (χ2v) is 6.38. The highest BCUT2D eigenvalue weighted by atomic mass is 16.3. The fraction of sp³-hybridized carbons (Fsp3) is 0.611. The second-order valence-electron chi connectivity index (χ2n) is 6.38. The number of rotatable bonds is 5. The topological polar surface area (TPSA) is 38.1 Å². The Morgan fingerprint density at radius 2 is 2.00 bits per heavy atom. The van der Waals surface area contributed by atoms with Crippen molar-refractivity contribution < 1.29 is 5.11 Å². The summed E-state index contributed by atoms with van der Waals surface area (Å²) in [4.78, 5) is 4.71. The van der Waals surface area contributed by atoms with Gasteiger partial charge in [0.15, 0.2) is 0 Å². The molecule has 1 fully saturated rings. The molecule has 0 saturated heterocycles. The maximum atomic E-state index is 10.4. The van der Waals surface area contributed by atoms with E-state index in [4.69, 9.17) is 4.98 Å². The lowest BCUT2D eigenvalue weighted by Gasteiger charge is -2.24. The fourth-order valence-corrected chi connectivity index (χ4v) is 3.57. The molecule has 1 heterocycles. The SMILES string of the molecule is CCC[C@@H](O)c1nc2ccccc2n1CC1CCCCC1. The van der Waals surface area contributed by atoms with Gasteiger partial charge in [-0.15, -0.1) is 0 Å². The van der Waals surface area contributed by atoms with Crippen LogP contribution in [0.25, 0.3) is 11.0 Å². The normalized spacial score (nSPS) is 18.2. The lowest BCUT2D eigenvalue weighted by Crippen LogP contribution is -2.17. The van der Waals surface area contributed by atoms with Crippen LogP contribution >= 0.6 is 0 Å². The fourth-order valence-electron chi connectivity index (χ4n) is 3.57. The maximum absolute atomic E-state index is 10.4. The van der Waals surface area contributed by atoms with Crippen molar-refractivity contribution in [3.8, 4) is 0 Å². The van der Waals surface area contributed by atoms with Crippen molar-refractivity contribution in [2.75, 3.05) is 0 Å². The number of hydrogen-bond donors (Lipinski definition) is 1. The summed E-state index contributed by atoms with van der Waals surface area (Å²) < 4.78 is 2.28. The summed E-state index contributed by atoms with van der Waals surface area (Å²) in [6.45, 7) is 3.12. The van der Waals surface area contributed by atoms with E-state index in [0.717, 1.165) is 36.6 Å². The predicted octanol–water partition coefficient (Wildman–Crippen LogP) is 4.45. The first kappa shape index (κ1) is 14.6. The van der Waals surface area contributed by atoms with Crippen molar-refractivity contribution in [3.05, 3.63) is 30.1 Å². The molecule has 3 heteroatoms. The van der Waals surface area contributed by atoms with Crippen LogP contribution in [0.15, 0.2) is 24.3 Å². The average molecular weight is 286 g/mol. The van der Waals surface area contributed by atoms with Gasteiger partial charge in [0.2, 0.25) is 0 Å². The van der Waals surface area contributed by atoms with Crippen molar-refractivity contribution >= 4 is 11.0 Å². The van der Waals surface area contributed by atoms with Crippen LogP contribution in [-0.4, -0.2) is 14.7 Å². The van der Waals surface area contributed by atoms with Crippen LogP contribution in [0.1, 0.15) is 63.8 Å². The third kappa shape index (κ3) is 3.13. The second kappa shape index (κ2) is 6.61. The first-order valence-electron chi connectivity index (χ1n) is 8.42. The molecule has 1 aliphatic carbocycles. The Morgan fingerprint density at radius 3 is 2.76 bits per heavy atom. The Labute approximate surface area is 127 Å². The van der Waals surface area contributed by atoms with Crippen LogP contribution in [0.4, 0.5) is 0 Å². The summed E-state index contributed by atoms with van der Waals surface area (Å²) in [5.74, 6) is 1.60. The zero-order valence-electron chi connectivity index (χ0n) is 13.0. The maximum Gasteiger partial charge on any atom is 0.138 e. The van der Waals surface area contributed by atoms with E-state index in [1.807, 2.05) is 6.07 Å². The van der Waals surface area contributed by atoms with Gasteiger partial charge >= 0.3 is 0 Å². The number of fused-ring (bicyclic) bond motifs is 1. The largest absolute Gasteiger partial charge is 0.385 e. The van der Waals surface area contributed by atoms with E-state index in [-0.39, 0.29) is 0 Å². The minimum Gasteiger partial charge on any atom is -0.385 e. The first-order valence-corrected chi connectivity index (χ1v) is 8.42. The lowest BCUT2D eigenvalue weighted by atomic mass is 9.89. The molecule has 3 rings (SSSR count). The molecule has 3 nitrogen and oxygen atoms in total. The quantitative estimate of drug-likeness (QED) is 0.881. The smallest absolute Gasteiger partial charge is 0.138 e. The highest BCUT2D eigenvalue weighted by molar-refractivity contribution is 5.76. The van der Waals surface area contributed by atoms with Crippen LogP contribution in [-0.2, 0) is 6.54 Å². The van der Waals surface area contributed by atoms with Crippen LogP contribution in [0.2, 0.25) is 0 Å². The number of nitrogens with zero attached hydrogens (tertiary/aromatic N) is 2. The van der Waals surface area contributed by atoms with Gasteiger partial charge in [0.05, 0.1) is 11.0 Å². The molecule has 21 heavy (non-hydrogen) atoms. The average Bonchev–Trinajstić information content (AvgIpc) is 2.88. The van der Waals surface area contributed by atoms with E-state index in [2.05, 4.69) is 29.7 Å². The lowest BCUT2D eigenvalue weighted by molar-refractivity contribution is 0.150. The molecule has 1 N–H and O–H groups in total. The summed E-state index contributed by atoms with van der Waals surface area (Å²) in [6.07, 6.45) is 8.04. The van der Waals surface area contributed by atoms with Gasteiger partial charge in [-0.3, -0.25) is 0 Å². The zero-order chi connectivity index (χ0) is 14.7. The number of aliphatic hydroxyl groups excluding tert-OH is 1. The van der Waals surface area contributed by atoms with Crippen molar-refractivity contribution in [2.24, 2.45) is 5.92 Å². The molecule has 1 saturated carbocycles. The molecule has 1 aliphatic rings. The van der Waals surface area contributed by atoms with Gasteiger partial charge in [0.25, 0.3) is 0 Å². The molecular weight excluding hydrogens is 260 g/mol. The molecule has 0 unspecified atom stereocenters. The summed E-state index contributed by atoms with van der Waals surface area (Å²) in [7, 11) is 0. The molecule has 114 valence electrons. The monoisotopic (exact) mass is 286 g/mol. The standard InChI is InChI=1S/C18H26N2O/c1-2-8-17(21)18-19-15-11-6-7-12-16(15)20(18)13-14-9-4-3-5-10-14/h6-7,11-12,14,17,21H,2-5,8-10,13H2,1H3/t17-/m1/s1. The summed E-state index contributed by atoms with van der Waals surface area (Å²) in [6, 6.07) is 8.27. The summed E-state index contributed by atoms with van der Waals surface area (Å²) >= 11 is 0. The Morgan fingerprint density at radius 1 is 1.24 bits per heavy atom. The van der Waals surface area contributed by atoms with Gasteiger partial charge in [-0.2, -0.15) is 0 Å². The molecule has 2 aromatic rings. The van der Waals surface area contributed by atoms with Gasteiger partial charge < -0.3 is 9.67 Å². The summed E-state index contributed by atoms with van der Waals surface area (Å²) in [5.41, 5.74) is 2.19. The van der Waals surface area contributed by atoms with Crippen LogP contribution in [0.5, 0.6) is 0 Å². The summed E-state index contributed by atoms with van der Waals surface area (Å²) in [5, 5.41) is 10.4. The third-order valence-corrected chi connectivity index (χ3v) is 4.71. The van der Waals surface area contributed by atoms with Crippen molar-refractivity contribution in [2.45, 2.75) is 64.5 Å². The van der Waals surface area contributed by atoms with Crippen LogP contribution < -0.4 is 0 Å². The zero-order valence-corrected chi connectivity index (χ0v) is 13.0. The molecule has 0 amide bonds. The Kier molecular flexibility index (Phi) is 4.59. The molecular formula is C18H26N2O. The Balaban J connectivity index is 1.94. The van der Waals surface area contributed by atoms with Gasteiger partial charge in [-0.25, -0.2) is 4.98 Å². The van der Waals surface area contributed by atoms with Crippen molar-refractivity contribution in [1.29, 1.82) is 0 Å². The molecule has 0 aliphatic heterocycles. The third-order valence-electron chi connectivity index (χ3n) is 4.71.